The number of carbonyl (C=O) groups is 1. The van der Waals surface area contributed by atoms with Crippen LogP contribution in [0.3, 0.4) is 0 Å². The molecule has 5 nitrogen and oxygen atoms in total. The largest absolute Gasteiger partial charge is 0.326 e. The van der Waals surface area contributed by atoms with E-state index in [1.807, 2.05) is 24.3 Å². The number of amides is 1. The number of hydrogen-bond acceptors (Lipinski definition) is 3. The van der Waals surface area contributed by atoms with Crippen LogP contribution in [0.4, 0.5) is 11.4 Å². The van der Waals surface area contributed by atoms with Crippen molar-refractivity contribution >= 4 is 17.3 Å². The van der Waals surface area contributed by atoms with Gasteiger partial charge in [-0.25, -0.2) is 0 Å². The van der Waals surface area contributed by atoms with E-state index < -0.39 is 4.92 Å². The molecule has 0 aromatic heterocycles. The Morgan fingerprint density at radius 3 is 2.68 bits per heavy atom. The average Bonchev–Trinajstić information content (AvgIpc) is 2.77. The maximum atomic E-state index is 11.3. The van der Waals surface area contributed by atoms with Crippen LogP contribution in [0.15, 0.2) is 42.5 Å². The van der Waals surface area contributed by atoms with Gasteiger partial charge in [-0.15, -0.1) is 0 Å². The van der Waals surface area contributed by atoms with Crippen molar-refractivity contribution in [3.05, 3.63) is 58.1 Å². The molecule has 0 aliphatic carbocycles. The van der Waals surface area contributed by atoms with Crippen molar-refractivity contribution in [1.82, 2.24) is 0 Å². The minimum atomic E-state index is -0.415. The molecule has 1 aliphatic rings. The second-order valence-corrected chi connectivity index (χ2v) is 4.40. The smallest absolute Gasteiger partial charge is 0.270 e. The van der Waals surface area contributed by atoms with Crippen LogP contribution in [0.1, 0.15) is 5.56 Å². The van der Waals surface area contributed by atoms with Crippen LogP contribution in [-0.4, -0.2) is 10.8 Å². The maximum absolute atomic E-state index is 11.3. The zero-order valence-corrected chi connectivity index (χ0v) is 9.92. The molecule has 0 spiro atoms. The van der Waals surface area contributed by atoms with E-state index >= 15 is 0 Å². The highest BCUT2D eigenvalue weighted by atomic mass is 16.6. The molecule has 1 aliphatic heterocycles. The van der Waals surface area contributed by atoms with E-state index in [4.69, 9.17) is 0 Å². The minimum Gasteiger partial charge on any atom is -0.326 e. The van der Waals surface area contributed by atoms with Crippen LogP contribution in [-0.2, 0) is 11.2 Å². The summed E-state index contributed by atoms with van der Waals surface area (Å²) in [6, 6.07) is 12.0. The lowest BCUT2D eigenvalue weighted by molar-refractivity contribution is -0.384. The zero-order chi connectivity index (χ0) is 13.4. The number of anilines is 1. The third-order valence-corrected chi connectivity index (χ3v) is 3.12. The first-order valence-electron chi connectivity index (χ1n) is 5.81. The number of nitro benzene ring substituents is 1. The van der Waals surface area contributed by atoms with Crippen molar-refractivity contribution in [2.24, 2.45) is 0 Å². The molecule has 0 atom stereocenters. The highest BCUT2D eigenvalue weighted by Crippen LogP contribution is 2.30. The maximum Gasteiger partial charge on any atom is 0.270 e. The molecular weight excluding hydrogens is 244 g/mol. The summed E-state index contributed by atoms with van der Waals surface area (Å²) < 4.78 is 0. The van der Waals surface area contributed by atoms with Crippen molar-refractivity contribution in [2.45, 2.75) is 6.42 Å². The van der Waals surface area contributed by atoms with Crippen molar-refractivity contribution < 1.29 is 9.72 Å². The van der Waals surface area contributed by atoms with Gasteiger partial charge in [0.2, 0.25) is 5.91 Å². The summed E-state index contributed by atoms with van der Waals surface area (Å²) in [5, 5.41) is 13.5. The number of carbonyl (C=O) groups excluding carboxylic acids is 1. The van der Waals surface area contributed by atoms with Gasteiger partial charge in [0.1, 0.15) is 0 Å². The number of rotatable bonds is 2. The fraction of sp³-hybridized carbons (Fsp3) is 0.0714. The molecular formula is C14H10N2O3. The molecule has 0 saturated carbocycles. The Morgan fingerprint density at radius 2 is 1.89 bits per heavy atom. The number of nitrogens with one attached hydrogen (secondary N) is 1. The third-order valence-electron chi connectivity index (χ3n) is 3.12. The molecule has 1 N–H and O–H groups in total. The van der Waals surface area contributed by atoms with Crippen LogP contribution in [0.25, 0.3) is 11.1 Å². The predicted octanol–water partition coefficient (Wildman–Crippen LogP) is 2.76. The van der Waals surface area contributed by atoms with Crippen molar-refractivity contribution in [3.8, 4) is 11.1 Å². The van der Waals surface area contributed by atoms with Gasteiger partial charge >= 0.3 is 0 Å². The summed E-state index contributed by atoms with van der Waals surface area (Å²) >= 11 is 0. The topological polar surface area (TPSA) is 72.2 Å². The summed E-state index contributed by atoms with van der Waals surface area (Å²) in [4.78, 5) is 21.6. The van der Waals surface area contributed by atoms with Crippen LogP contribution < -0.4 is 5.32 Å². The van der Waals surface area contributed by atoms with E-state index in [-0.39, 0.29) is 11.6 Å². The number of nitrogens with zero attached hydrogens (tertiary/aromatic N) is 1. The Kier molecular flexibility index (Phi) is 2.52. The van der Waals surface area contributed by atoms with Gasteiger partial charge < -0.3 is 5.32 Å². The molecule has 3 rings (SSSR count). The summed E-state index contributed by atoms with van der Waals surface area (Å²) in [5.74, 6) is -0.0220. The molecule has 0 fully saturated rings. The van der Waals surface area contributed by atoms with Gasteiger partial charge in [0.05, 0.1) is 11.3 Å². The predicted molar refractivity (Wildman–Crippen MR) is 70.9 cm³/mol. The van der Waals surface area contributed by atoms with Gasteiger partial charge in [0.25, 0.3) is 5.69 Å². The van der Waals surface area contributed by atoms with Gasteiger partial charge in [-0.1, -0.05) is 18.2 Å². The Bertz CT molecular complexity index is 695. The van der Waals surface area contributed by atoms with Crippen molar-refractivity contribution in [3.63, 3.8) is 0 Å². The first-order chi connectivity index (χ1) is 9.13. The van der Waals surface area contributed by atoms with Crippen LogP contribution in [0.5, 0.6) is 0 Å². The minimum absolute atomic E-state index is 0.0220. The number of benzene rings is 2. The van der Waals surface area contributed by atoms with Crippen LogP contribution >= 0.6 is 0 Å². The Hall–Kier alpha value is -2.69. The first kappa shape index (κ1) is 11.4. The quantitative estimate of drug-likeness (QED) is 0.661. The number of hydrogen-bond donors (Lipinski definition) is 1. The third kappa shape index (κ3) is 2.06. The van der Waals surface area contributed by atoms with E-state index in [1.54, 1.807) is 6.07 Å². The van der Waals surface area contributed by atoms with Gasteiger partial charge in [-0.2, -0.15) is 0 Å². The molecule has 5 heteroatoms. The highest BCUT2D eigenvalue weighted by molar-refractivity contribution is 5.99. The standard InChI is InChI=1S/C14H10N2O3/c17-14-8-11-6-10(4-5-13(11)15-14)9-2-1-3-12(7-9)16(18)19/h1-7H,8H2,(H,15,17). The van der Waals surface area contributed by atoms with Crippen molar-refractivity contribution in [2.75, 3.05) is 5.32 Å². The molecule has 1 heterocycles. The monoisotopic (exact) mass is 254 g/mol. The van der Waals surface area contributed by atoms with E-state index in [9.17, 15) is 14.9 Å². The van der Waals surface area contributed by atoms with Gasteiger partial charge in [-0.3, -0.25) is 14.9 Å². The molecule has 0 unspecified atom stereocenters. The Morgan fingerprint density at radius 1 is 1.11 bits per heavy atom. The molecule has 94 valence electrons. The first-order valence-corrected chi connectivity index (χ1v) is 5.81. The molecule has 1 amide bonds. The SMILES string of the molecule is O=C1Cc2cc(-c3cccc([N+](=O)[O-])c3)ccc2N1. The number of non-ortho nitro benzene ring substituents is 1. The van der Waals surface area contributed by atoms with Gasteiger partial charge in [0, 0.05) is 17.8 Å². The Labute approximate surface area is 109 Å². The van der Waals surface area contributed by atoms with Crippen molar-refractivity contribution in [1.29, 1.82) is 0 Å². The number of fused-ring (bicyclic) bond motifs is 1. The van der Waals surface area contributed by atoms with E-state index in [1.165, 1.54) is 12.1 Å². The highest BCUT2D eigenvalue weighted by Gasteiger charge is 2.18. The summed E-state index contributed by atoms with van der Waals surface area (Å²) in [5.41, 5.74) is 3.45. The molecule has 0 bridgehead atoms. The van der Waals surface area contributed by atoms with Crippen LogP contribution in [0, 0.1) is 10.1 Å². The second-order valence-electron chi connectivity index (χ2n) is 4.40. The average molecular weight is 254 g/mol. The molecule has 0 radical (unpaired) electrons. The van der Waals surface area contributed by atoms with Gasteiger partial charge in [-0.05, 0) is 28.8 Å². The molecule has 2 aromatic rings. The van der Waals surface area contributed by atoms with Crippen LogP contribution in [0.2, 0.25) is 0 Å². The molecule has 2 aromatic carbocycles. The van der Waals surface area contributed by atoms with E-state index in [0.29, 0.717) is 6.42 Å². The van der Waals surface area contributed by atoms with Gasteiger partial charge in [0.15, 0.2) is 0 Å². The normalized spacial score (nSPS) is 12.9. The molecule has 19 heavy (non-hydrogen) atoms. The zero-order valence-electron chi connectivity index (χ0n) is 9.92. The summed E-state index contributed by atoms with van der Waals surface area (Å²) in [6.45, 7) is 0. The Balaban J connectivity index is 2.04. The lowest BCUT2D eigenvalue weighted by Gasteiger charge is -2.04. The fourth-order valence-electron chi connectivity index (χ4n) is 2.21. The van der Waals surface area contributed by atoms with E-state index in [2.05, 4.69) is 5.32 Å². The second kappa shape index (κ2) is 4.20. The number of nitro groups is 1. The summed E-state index contributed by atoms with van der Waals surface area (Å²) in [7, 11) is 0. The lowest BCUT2D eigenvalue weighted by atomic mass is 10.0. The summed E-state index contributed by atoms with van der Waals surface area (Å²) in [6.07, 6.45) is 0.359. The molecule has 0 saturated heterocycles. The lowest BCUT2D eigenvalue weighted by Crippen LogP contribution is -2.03. The van der Waals surface area contributed by atoms with E-state index in [0.717, 1.165) is 22.4 Å². The fourth-order valence-corrected chi connectivity index (χ4v) is 2.21.